The van der Waals surface area contributed by atoms with Crippen molar-refractivity contribution in [2.24, 2.45) is 0 Å². The Morgan fingerprint density at radius 2 is 2.25 bits per heavy atom. The second kappa shape index (κ2) is 5.02. The van der Waals surface area contributed by atoms with E-state index in [9.17, 15) is 9.90 Å². The first-order valence-electron chi connectivity index (χ1n) is 6.16. The summed E-state index contributed by atoms with van der Waals surface area (Å²) in [6.45, 7) is 2.35. The zero-order valence-corrected chi connectivity index (χ0v) is 11.7. The van der Waals surface area contributed by atoms with Crippen LogP contribution in [0.2, 0.25) is 0 Å². The Morgan fingerprint density at radius 3 is 2.85 bits per heavy atom. The van der Waals surface area contributed by atoms with Gasteiger partial charge in [0.2, 0.25) is 0 Å². The van der Waals surface area contributed by atoms with Crippen LogP contribution in [0.25, 0.3) is 10.6 Å². The van der Waals surface area contributed by atoms with E-state index in [2.05, 4.69) is 0 Å². The van der Waals surface area contributed by atoms with Gasteiger partial charge in [-0.05, 0) is 36.6 Å². The van der Waals surface area contributed by atoms with Gasteiger partial charge in [-0.1, -0.05) is 6.07 Å². The topological polar surface area (TPSA) is 55.4 Å². The first-order valence-corrected chi connectivity index (χ1v) is 7.04. The molecule has 0 saturated heterocycles. The van der Waals surface area contributed by atoms with Gasteiger partial charge in [0.25, 0.3) is 0 Å². The van der Waals surface area contributed by atoms with Crippen LogP contribution in [0.1, 0.15) is 21.8 Å². The predicted octanol–water partition coefficient (Wildman–Crippen LogP) is 3.86. The van der Waals surface area contributed by atoms with E-state index in [1.807, 2.05) is 41.1 Å². The lowest BCUT2D eigenvalue weighted by Crippen LogP contribution is -2.05. The molecule has 0 radical (unpaired) electrons. The quantitative estimate of drug-likeness (QED) is 0.792. The summed E-state index contributed by atoms with van der Waals surface area (Å²) in [6, 6.07) is 9.39. The molecular formula is C15H13NO3S. The molecule has 0 unspecified atom stereocenters. The van der Waals surface area contributed by atoms with Crippen LogP contribution in [0.4, 0.5) is 0 Å². The molecule has 0 atom stereocenters. The number of thiophene rings is 1. The van der Waals surface area contributed by atoms with Crippen molar-refractivity contribution in [1.82, 2.24) is 4.57 Å². The zero-order valence-electron chi connectivity index (χ0n) is 10.9. The molecule has 3 heterocycles. The molecule has 0 aliphatic rings. The van der Waals surface area contributed by atoms with Gasteiger partial charge in [0, 0.05) is 5.69 Å². The molecule has 20 heavy (non-hydrogen) atoms. The van der Waals surface area contributed by atoms with Crippen LogP contribution < -0.4 is 0 Å². The largest absolute Gasteiger partial charge is 0.478 e. The van der Waals surface area contributed by atoms with E-state index < -0.39 is 5.97 Å². The summed E-state index contributed by atoms with van der Waals surface area (Å²) < 4.78 is 7.35. The van der Waals surface area contributed by atoms with Gasteiger partial charge in [-0.15, -0.1) is 11.3 Å². The maximum absolute atomic E-state index is 11.3. The molecule has 0 amide bonds. The molecule has 0 bridgehead atoms. The number of aromatic carboxylic acids is 1. The number of aromatic nitrogens is 1. The van der Waals surface area contributed by atoms with E-state index in [1.165, 1.54) is 0 Å². The molecule has 102 valence electrons. The fourth-order valence-corrected chi connectivity index (χ4v) is 3.00. The lowest BCUT2D eigenvalue weighted by Gasteiger charge is -2.09. The number of carboxylic acids is 1. The van der Waals surface area contributed by atoms with Crippen LogP contribution in [-0.2, 0) is 6.54 Å². The molecule has 5 heteroatoms. The highest BCUT2D eigenvalue weighted by Crippen LogP contribution is 2.30. The minimum absolute atomic E-state index is 0.333. The van der Waals surface area contributed by atoms with Crippen molar-refractivity contribution in [3.05, 3.63) is 59.0 Å². The highest BCUT2D eigenvalue weighted by atomic mass is 32.1. The first-order chi connectivity index (χ1) is 9.66. The van der Waals surface area contributed by atoms with Crippen LogP contribution in [0.15, 0.2) is 46.4 Å². The lowest BCUT2D eigenvalue weighted by molar-refractivity contribution is 0.0696. The third-order valence-corrected chi connectivity index (χ3v) is 4.16. The second-order valence-electron chi connectivity index (χ2n) is 4.48. The van der Waals surface area contributed by atoms with Crippen LogP contribution >= 0.6 is 11.3 Å². The molecule has 0 aliphatic heterocycles. The predicted molar refractivity (Wildman–Crippen MR) is 77.3 cm³/mol. The van der Waals surface area contributed by atoms with Gasteiger partial charge in [-0.3, -0.25) is 0 Å². The third kappa shape index (κ3) is 2.16. The summed E-state index contributed by atoms with van der Waals surface area (Å²) in [7, 11) is 0. The summed E-state index contributed by atoms with van der Waals surface area (Å²) in [5, 5.41) is 11.3. The first kappa shape index (κ1) is 12.7. The smallest absolute Gasteiger partial charge is 0.337 e. The number of nitrogens with zero attached hydrogens (tertiary/aromatic N) is 1. The van der Waals surface area contributed by atoms with Crippen LogP contribution in [0, 0.1) is 6.92 Å². The van der Waals surface area contributed by atoms with E-state index in [0.717, 1.165) is 22.0 Å². The van der Waals surface area contributed by atoms with Crippen LogP contribution in [0.5, 0.6) is 0 Å². The van der Waals surface area contributed by atoms with E-state index in [1.54, 1.807) is 23.7 Å². The Balaban J connectivity index is 2.12. The van der Waals surface area contributed by atoms with E-state index in [0.29, 0.717) is 12.1 Å². The Labute approximate surface area is 119 Å². The van der Waals surface area contributed by atoms with Crippen molar-refractivity contribution in [3.63, 3.8) is 0 Å². The van der Waals surface area contributed by atoms with Gasteiger partial charge >= 0.3 is 5.97 Å². The number of hydrogen-bond donors (Lipinski definition) is 1. The van der Waals surface area contributed by atoms with Crippen LogP contribution in [0.3, 0.4) is 0 Å². The van der Waals surface area contributed by atoms with Crippen molar-refractivity contribution < 1.29 is 14.3 Å². The van der Waals surface area contributed by atoms with Gasteiger partial charge in [0.1, 0.15) is 5.76 Å². The van der Waals surface area contributed by atoms with E-state index in [-0.39, 0.29) is 0 Å². The number of hydrogen-bond acceptors (Lipinski definition) is 3. The molecule has 0 fully saturated rings. The molecule has 4 nitrogen and oxygen atoms in total. The fraction of sp³-hybridized carbons (Fsp3) is 0.133. The average molecular weight is 287 g/mol. The van der Waals surface area contributed by atoms with Crippen LogP contribution in [-0.4, -0.2) is 15.6 Å². The summed E-state index contributed by atoms with van der Waals surface area (Å²) in [5.41, 5.74) is 1.98. The average Bonchev–Trinajstić information content (AvgIpc) is 3.13. The van der Waals surface area contributed by atoms with Crippen molar-refractivity contribution in [3.8, 4) is 10.6 Å². The highest BCUT2D eigenvalue weighted by molar-refractivity contribution is 7.13. The van der Waals surface area contributed by atoms with Crippen molar-refractivity contribution in [1.29, 1.82) is 0 Å². The molecule has 0 aliphatic carbocycles. The summed E-state index contributed by atoms with van der Waals surface area (Å²) in [6.07, 6.45) is 1.62. The molecular weight excluding hydrogens is 274 g/mol. The molecule has 3 aromatic rings. The Hall–Kier alpha value is -2.27. The summed E-state index contributed by atoms with van der Waals surface area (Å²) in [5.74, 6) is -0.100. The monoisotopic (exact) mass is 287 g/mol. The van der Waals surface area contributed by atoms with Crippen molar-refractivity contribution in [2.45, 2.75) is 13.5 Å². The SMILES string of the molecule is Cc1c(C(=O)O)cc(-c2cccs2)n1Cc1ccco1. The third-order valence-electron chi connectivity index (χ3n) is 3.26. The minimum atomic E-state index is -0.904. The molecule has 3 rings (SSSR count). The number of furan rings is 1. The molecule has 0 aromatic carbocycles. The number of carboxylic acid groups (broad SMARTS) is 1. The van der Waals surface area contributed by atoms with Gasteiger partial charge in [0.05, 0.1) is 28.9 Å². The maximum atomic E-state index is 11.3. The fourth-order valence-electron chi connectivity index (χ4n) is 2.25. The molecule has 0 spiro atoms. The van der Waals surface area contributed by atoms with Gasteiger partial charge < -0.3 is 14.1 Å². The number of rotatable bonds is 4. The Kier molecular flexibility index (Phi) is 3.20. The molecule has 0 saturated carbocycles. The number of carbonyl (C=O) groups is 1. The van der Waals surface area contributed by atoms with Crippen molar-refractivity contribution >= 4 is 17.3 Å². The van der Waals surface area contributed by atoms with Crippen molar-refractivity contribution in [2.75, 3.05) is 0 Å². The molecule has 1 N–H and O–H groups in total. The minimum Gasteiger partial charge on any atom is -0.478 e. The van der Waals surface area contributed by atoms with Gasteiger partial charge in [0.15, 0.2) is 0 Å². The standard InChI is InChI=1S/C15H13NO3S/c1-10-12(15(17)18)8-13(14-5-3-7-20-14)16(10)9-11-4-2-6-19-11/h2-8H,9H2,1H3,(H,17,18). The zero-order chi connectivity index (χ0) is 14.1. The van der Waals surface area contributed by atoms with Gasteiger partial charge in [-0.25, -0.2) is 4.79 Å². The lowest BCUT2D eigenvalue weighted by atomic mass is 10.2. The van der Waals surface area contributed by atoms with Gasteiger partial charge in [-0.2, -0.15) is 0 Å². The summed E-state index contributed by atoms with van der Waals surface area (Å²) in [4.78, 5) is 12.4. The second-order valence-corrected chi connectivity index (χ2v) is 5.42. The highest BCUT2D eigenvalue weighted by Gasteiger charge is 2.19. The maximum Gasteiger partial charge on any atom is 0.337 e. The Bertz CT molecular complexity index is 724. The normalized spacial score (nSPS) is 10.8. The molecule has 3 aromatic heterocycles. The Morgan fingerprint density at radius 1 is 1.40 bits per heavy atom. The van der Waals surface area contributed by atoms with E-state index in [4.69, 9.17) is 4.42 Å². The summed E-state index contributed by atoms with van der Waals surface area (Å²) >= 11 is 1.59. The van der Waals surface area contributed by atoms with E-state index >= 15 is 0 Å².